The number of furan rings is 3. The van der Waals surface area contributed by atoms with Crippen LogP contribution in [0.2, 0.25) is 5.02 Å². The van der Waals surface area contributed by atoms with Gasteiger partial charge in [0.1, 0.15) is 17.4 Å². The summed E-state index contributed by atoms with van der Waals surface area (Å²) in [5.74, 6) is 1.57. The second kappa shape index (κ2) is 8.38. The Balaban J connectivity index is 1.59. The monoisotopic (exact) mass is 455 g/mol. The molecule has 4 aromatic heterocycles. The third kappa shape index (κ3) is 3.69. The molecule has 0 aliphatic carbocycles. The molecular formula is C26H18ClN3O3. The van der Waals surface area contributed by atoms with Crippen LogP contribution in [0.1, 0.15) is 22.5 Å². The van der Waals surface area contributed by atoms with E-state index in [1.54, 1.807) is 43.0 Å². The zero-order valence-corrected chi connectivity index (χ0v) is 18.6. The van der Waals surface area contributed by atoms with Gasteiger partial charge in [0.25, 0.3) is 0 Å². The molecule has 0 amide bonds. The number of aliphatic imine (C=N–C) groups is 1. The minimum atomic E-state index is 0.187. The highest BCUT2D eigenvalue weighted by Gasteiger charge is 2.26. The molecule has 162 valence electrons. The lowest BCUT2D eigenvalue weighted by atomic mass is 10.1. The van der Waals surface area contributed by atoms with E-state index in [0.717, 1.165) is 22.6 Å². The zero-order valence-electron chi connectivity index (χ0n) is 17.9. The van der Waals surface area contributed by atoms with Crippen molar-refractivity contribution in [1.82, 2.24) is 4.57 Å². The second-order valence-electron chi connectivity index (χ2n) is 7.45. The molecule has 0 unspecified atom stereocenters. The molecule has 0 aliphatic heterocycles. The van der Waals surface area contributed by atoms with E-state index in [4.69, 9.17) is 24.9 Å². The number of rotatable bonds is 5. The number of halogens is 1. The molecule has 0 saturated heterocycles. The van der Waals surface area contributed by atoms with E-state index in [1.165, 1.54) is 0 Å². The summed E-state index contributed by atoms with van der Waals surface area (Å²) in [6.45, 7) is 4.04. The van der Waals surface area contributed by atoms with Crippen molar-refractivity contribution in [2.45, 2.75) is 13.8 Å². The lowest BCUT2D eigenvalue weighted by Crippen LogP contribution is -1.99. The highest BCUT2D eigenvalue weighted by atomic mass is 35.5. The van der Waals surface area contributed by atoms with Crippen LogP contribution in [-0.4, -0.2) is 10.8 Å². The number of nitriles is 1. The summed E-state index contributed by atoms with van der Waals surface area (Å²) >= 11 is 6.04. The maximum absolute atomic E-state index is 9.91. The zero-order chi connectivity index (χ0) is 22.9. The minimum absolute atomic E-state index is 0.187. The standard InChI is InChI=1S/C26H18ClN3O3/c1-16-13-18(17(2)30(16)20-9-7-19(27)8-10-20)15-29-26-21(14-28)24(22-5-3-11-31-22)25(33-26)23-6-4-12-32-23/h3-13,15H,1-2H3. The summed E-state index contributed by atoms with van der Waals surface area (Å²) in [6.07, 6.45) is 4.79. The molecule has 0 radical (unpaired) electrons. The van der Waals surface area contributed by atoms with Crippen LogP contribution >= 0.6 is 11.6 Å². The predicted octanol–water partition coefficient (Wildman–Crippen LogP) is 7.48. The SMILES string of the molecule is Cc1cc(C=Nc2oc(-c3ccco3)c(-c3ccco3)c2C#N)c(C)n1-c1ccc(Cl)cc1. The van der Waals surface area contributed by atoms with Crippen LogP contribution in [0.25, 0.3) is 28.5 Å². The first-order chi connectivity index (χ1) is 16.1. The molecule has 1 aromatic carbocycles. The van der Waals surface area contributed by atoms with Crippen LogP contribution in [0, 0.1) is 25.2 Å². The largest absolute Gasteiger partial charge is 0.464 e. The van der Waals surface area contributed by atoms with E-state index in [0.29, 0.717) is 27.9 Å². The first kappa shape index (κ1) is 20.7. The van der Waals surface area contributed by atoms with Crippen molar-refractivity contribution >= 4 is 23.7 Å². The second-order valence-corrected chi connectivity index (χ2v) is 7.89. The fourth-order valence-electron chi connectivity index (χ4n) is 3.88. The number of hydrogen-bond donors (Lipinski definition) is 0. The maximum atomic E-state index is 9.91. The van der Waals surface area contributed by atoms with Crippen LogP contribution in [0.5, 0.6) is 0 Å². The molecule has 5 aromatic rings. The molecule has 0 N–H and O–H groups in total. The van der Waals surface area contributed by atoms with E-state index < -0.39 is 0 Å². The van der Waals surface area contributed by atoms with Crippen molar-refractivity contribution in [2.75, 3.05) is 0 Å². The predicted molar refractivity (Wildman–Crippen MR) is 126 cm³/mol. The van der Waals surface area contributed by atoms with Gasteiger partial charge in [0, 0.05) is 33.9 Å². The Hall–Kier alpha value is -4.21. The molecule has 0 fully saturated rings. The van der Waals surface area contributed by atoms with Crippen LogP contribution in [0.15, 0.2) is 85.4 Å². The van der Waals surface area contributed by atoms with Gasteiger partial charge in [-0.05, 0) is 68.4 Å². The molecule has 0 saturated carbocycles. The van der Waals surface area contributed by atoms with E-state index in [9.17, 15) is 5.26 Å². The summed E-state index contributed by atoms with van der Waals surface area (Å²) < 4.78 is 19.2. The molecule has 0 spiro atoms. The maximum Gasteiger partial charge on any atom is 0.238 e. The first-order valence-electron chi connectivity index (χ1n) is 10.2. The summed E-state index contributed by atoms with van der Waals surface area (Å²) in [5.41, 5.74) is 4.74. The molecular weight excluding hydrogens is 438 g/mol. The van der Waals surface area contributed by atoms with Crippen molar-refractivity contribution in [2.24, 2.45) is 4.99 Å². The summed E-state index contributed by atoms with van der Waals surface area (Å²) in [5, 5.41) is 10.6. The van der Waals surface area contributed by atoms with Crippen molar-refractivity contribution in [3.8, 4) is 34.6 Å². The quantitative estimate of drug-likeness (QED) is 0.257. The Morgan fingerprint density at radius 2 is 1.70 bits per heavy atom. The fourth-order valence-corrected chi connectivity index (χ4v) is 4.01. The number of nitrogens with zero attached hydrogens (tertiary/aromatic N) is 3. The Labute approximate surface area is 195 Å². The van der Waals surface area contributed by atoms with E-state index in [-0.39, 0.29) is 11.4 Å². The highest BCUT2D eigenvalue weighted by molar-refractivity contribution is 6.30. The van der Waals surface area contributed by atoms with Crippen LogP contribution in [0.3, 0.4) is 0 Å². The van der Waals surface area contributed by atoms with Gasteiger partial charge in [0.05, 0.1) is 18.1 Å². The van der Waals surface area contributed by atoms with E-state index in [1.807, 2.05) is 44.2 Å². The Bertz CT molecular complexity index is 1480. The Kier molecular flexibility index (Phi) is 5.25. The van der Waals surface area contributed by atoms with Gasteiger partial charge < -0.3 is 17.8 Å². The molecule has 4 heterocycles. The molecule has 5 rings (SSSR count). The van der Waals surface area contributed by atoms with Gasteiger partial charge in [-0.25, -0.2) is 4.99 Å². The lowest BCUT2D eigenvalue weighted by Gasteiger charge is -2.09. The number of benzene rings is 1. The van der Waals surface area contributed by atoms with Crippen LogP contribution < -0.4 is 0 Å². The molecule has 7 heteroatoms. The number of hydrogen-bond acceptors (Lipinski definition) is 5. The van der Waals surface area contributed by atoms with Crippen molar-refractivity contribution in [3.05, 3.63) is 94.7 Å². The number of aromatic nitrogens is 1. The van der Waals surface area contributed by atoms with Gasteiger partial charge in [0.2, 0.25) is 5.88 Å². The lowest BCUT2D eigenvalue weighted by molar-refractivity contribution is 0.527. The average molecular weight is 456 g/mol. The van der Waals surface area contributed by atoms with Gasteiger partial charge in [-0.15, -0.1) is 0 Å². The van der Waals surface area contributed by atoms with Crippen LogP contribution in [-0.2, 0) is 0 Å². The molecule has 33 heavy (non-hydrogen) atoms. The first-order valence-corrected chi connectivity index (χ1v) is 10.6. The summed E-state index contributed by atoms with van der Waals surface area (Å²) in [6, 6.07) is 18.9. The van der Waals surface area contributed by atoms with E-state index in [2.05, 4.69) is 15.6 Å². The van der Waals surface area contributed by atoms with E-state index >= 15 is 0 Å². The number of aryl methyl sites for hydroxylation is 1. The highest BCUT2D eigenvalue weighted by Crippen LogP contribution is 2.42. The average Bonchev–Trinajstić information content (AvgIpc) is 3.60. The normalized spacial score (nSPS) is 11.3. The van der Waals surface area contributed by atoms with Crippen molar-refractivity contribution in [3.63, 3.8) is 0 Å². The van der Waals surface area contributed by atoms with Crippen LogP contribution in [0.4, 0.5) is 5.88 Å². The van der Waals surface area contributed by atoms with Crippen molar-refractivity contribution in [1.29, 1.82) is 5.26 Å². The summed E-state index contributed by atoms with van der Waals surface area (Å²) in [7, 11) is 0. The molecule has 0 atom stereocenters. The summed E-state index contributed by atoms with van der Waals surface area (Å²) in [4.78, 5) is 4.54. The minimum Gasteiger partial charge on any atom is -0.464 e. The fraction of sp³-hybridized carbons (Fsp3) is 0.0769. The third-order valence-electron chi connectivity index (χ3n) is 5.39. The van der Waals surface area contributed by atoms with Gasteiger partial charge in [-0.1, -0.05) is 11.6 Å². The van der Waals surface area contributed by atoms with Gasteiger partial charge in [-0.2, -0.15) is 5.26 Å². The third-order valence-corrected chi connectivity index (χ3v) is 5.64. The smallest absolute Gasteiger partial charge is 0.238 e. The Morgan fingerprint density at radius 1 is 1.00 bits per heavy atom. The molecule has 6 nitrogen and oxygen atoms in total. The molecule has 0 bridgehead atoms. The topological polar surface area (TPSA) is 80.5 Å². The Morgan fingerprint density at radius 3 is 2.33 bits per heavy atom. The van der Waals surface area contributed by atoms with Gasteiger partial charge >= 0.3 is 0 Å². The molecule has 0 aliphatic rings. The van der Waals surface area contributed by atoms with Gasteiger partial charge in [-0.3, -0.25) is 0 Å². The van der Waals surface area contributed by atoms with Gasteiger partial charge in [0.15, 0.2) is 11.5 Å². The van der Waals surface area contributed by atoms with Crippen molar-refractivity contribution < 1.29 is 13.3 Å².